The topological polar surface area (TPSA) is 74.7 Å². The molecule has 126 valence electrons. The molecule has 5 nitrogen and oxygen atoms in total. The number of aliphatic hydroxyl groups is 1. The first-order valence-corrected chi connectivity index (χ1v) is 8.30. The number of hydrogen-bond donors (Lipinski definition) is 1. The fourth-order valence-corrected chi connectivity index (χ4v) is 3.06. The standard InChI is InChI=1S/C21H16N4O/c22-12-20-23-13-17-11-19(10-15-6-8-16(14-26)9-7-15)25(21(17)24-20)18-4-2-1-3-5-18/h1-9,11,13,26H,10,14H2. The van der Waals surface area contributed by atoms with Crippen LogP contribution >= 0.6 is 0 Å². The summed E-state index contributed by atoms with van der Waals surface area (Å²) in [5.74, 6) is 0.159. The number of benzene rings is 2. The number of nitriles is 1. The molecule has 0 aliphatic heterocycles. The molecule has 0 aliphatic carbocycles. The van der Waals surface area contributed by atoms with Gasteiger partial charge in [0, 0.05) is 29.4 Å². The maximum atomic E-state index is 9.21. The van der Waals surface area contributed by atoms with Gasteiger partial charge in [-0.15, -0.1) is 0 Å². The van der Waals surface area contributed by atoms with Crippen molar-refractivity contribution in [1.29, 1.82) is 5.26 Å². The van der Waals surface area contributed by atoms with Crippen LogP contribution in [0.25, 0.3) is 16.7 Å². The molecule has 0 spiro atoms. The van der Waals surface area contributed by atoms with E-state index in [1.807, 2.05) is 60.7 Å². The van der Waals surface area contributed by atoms with Gasteiger partial charge in [0.2, 0.25) is 5.82 Å². The minimum absolute atomic E-state index is 0.0388. The first-order valence-electron chi connectivity index (χ1n) is 8.30. The normalized spacial score (nSPS) is 10.8. The lowest BCUT2D eigenvalue weighted by Crippen LogP contribution is -2.03. The Balaban J connectivity index is 1.86. The first kappa shape index (κ1) is 16.0. The average molecular weight is 340 g/mol. The molecule has 2 aromatic carbocycles. The van der Waals surface area contributed by atoms with E-state index in [2.05, 4.69) is 20.6 Å². The van der Waals surface area contributed by atoms with Crippen molar-refractivity contribution in [2.45, 2.75) is 13.0 Å². The molecular formula is C21H16N4O. The van der Waals surface area contributed by atoms with Crippen molar-refractivity contribution in [2.24, 2.45) is 0 Å². The number of para-hydroxylation sites is 1. The van der Waals surface area contributed by atoms with E-state index in [1.165, 1.54) is 0 Å². The summed E-state index contributed by atoms with van der Waals surface area (Å²) in [4.78, 5) is 8.51. The molecule has 0 unspecified atom stereocenters. The molecule has 0 aliphatic rings. The van der Waals surface area contributed by atoms with Crippen molar-refractivity contribution in [3.8, 4) is 11.8 Å². The molecule has 4 aromatic rings. The monoisotopic (exact) mass is 340 g/mol. The highest BCUT2D eigenvalue weighted by Gasteiger charge is 2.13. The summed E-state index contributed by atoms with van der Waals surface area (Å²) in [7, 11) is 0. The summed E-state index contributed by atoms with van der Waals surface area (Å²) in [5.41, 5.74) is 4.81. The summed E-state index contributed by atoms with van der Waals surface area (Å²) in [6.45, 7) is 0.0388. The van der Waals surface area contributed by atoms with Crippen molar-refractivity contribution in [3.05, 3.63) is 89.5 Å². The van der Waals surface area contributed by atoms with Gasteiger partial charge in [-0.3, -0.25) is 4.57 Å². The van der Waals surface area contributed by atoms with Crippen LogP contribution in [0.1, 0.15) is 22.6 Å². The van der Waals surface area contributed by atoms with E-state index in [0.29, 0.717) is 6.42 Å². The van der Waals surface area contributed by atoms with Crippen LogP contribution in [0.3, 0.4) is 0 Å². The molecule has 0 saturated carbocycles. The van der Waals surface area contributed by atoms with E-state index in [0.717, 1.165) is 33.5 Å². The molecule has 4 rings (SSSR count). The molecule has 1 N–H and O–H groups in total. The van der Waals surface area contributed by atoms with Crippen LogP contribution in [-0.4, -0.2) is 19.6 Å². The molecule has 0 fully saturated rings. The van der Waals surface area contributed by atoms with E-state index in [9.17, 15) is 5.11 Å². The molecule has 0 bridgehead atoms. The molecule has 0 atom stereocenters. The van der Waals surface area contributed by atoms with Gasteiger partial charge in [-0.2, -0.15) is 5.26 Å². The smallest absolute Gasteiger partial charge is 0.234 e. The minimum atomic E-state index is 0.0388. The third-order valence-corrected chi connectivity index (χ3v) is 4.32. The van der Waals surface area contributed by atoms with Gasteiger partial charge < -0.3 is 5.11 Å². The van der Waals surface area contributed by atoms with Gasteiger partial charge in [-0.25, -0.2) is 9.97 Å². The van der Waals surface area contributed by atoms with E-state index >= 15 is 0 Å². The van der Waals surface area contributed by atoms with E-state index in [-0.39, 0.29) is 12.4 Å². The second kappa shape index (κ2) is 6.79. The summed E-state index contributed by atoms with van der Waals surface area (Å²) in [6.07, 6.45) is 2.40. The molecule has 0 saturated heterocycles. The van der Waals surface area contributed by atoms with Crippen molar-refractivity contribution < 1.29 is 5.11 Å². The Bertz CT molecular complexity index is 1090. The highest BCUT2D eigenvalue weighted by Crippen LogP contribution is 2.25. The Hall–Kier alpha value is -3.49. The predicted molar refractivity (Wildman–Crippen MR) is 98.8 cm³/mol. The van der Waals surface area contributed by atoms with Crippen LogP contribution in [0.15, 0.2) is 66.9 Å². The number of nitrogens with zero attached hydrogens (tertiary/aromatic N) is 4. The van der Waals surface area contributed by atoms with Crippen LogP contribution in [0.5, 0.6) is 0 Å². The lowest BCUT2D eigenvalue weighted by Gasteiger charge is -2.11. The van der Waals surface area contributed by atoms with Crippen molar-refractivity contribution >= 4 is 11.0 Å². The van der Waals surface area contributed by atoms with Gasteiger partial charge >= 0.3 is 0 Å². The molecular weight excluding hydrogens is 324 g/mol. The van der Waals surface area contributed by atoms with Crippen LogP contribution in [0, 0.1) is 11.3 Å². The van der Waals surface area contributed by atoms with Gasteiger partial charge in [-0.05, 0) is 29.3 Å². The van der Waals surface area contributed by atoms with Gasteiger partial charge in [0.15, 0.2) is 0 Å². The van der Waals surface area contributed by atoms with Gasteiger partial charge in [0.1, 0.15) is 11.7 Å². The van der Waals surface area contributed by atoms with E-state index < -0.39 is 0 Å². The molecule has 0 amide bonds. The second-order valence-electron chi connectivity index (χ2n) is 6.04. The minimum Gasteiger partial charge on any atom is -0.392 e. The quantitative estimate of drug-likeness (QED) is 0.618. The first-order chi connectivity index (χ1) is 12.8. The third-order valence-electron chi connectivity index (χ3n) is 4.32. The van der Waals surface area contributed by atoms with Gasteiger partial charge in [-0.1, -0.05) is 42.5 Å². The second-order valence-corrected chi connectivity index (χ2v) is 6.04. The molecule has 5 heteroatoms. The fraction of sp³-hybridized carbons (Fsp3) is 0.0952. The fourth-order valence-electron chi connectivity index (χ4n) is 3.06. The Labute approximate surface area is 150 Å². The predicted octanol–water partition coefficient (Wildman–Crippen LogP) is 3.38. The third kappa shape index (κ3) is 2.94. The molecule has 0 radical (unpaired) electrons. The number of aromatic nitrogens is 3. The molecule has 2 heterocycles. The maximum Gasteiger partial charge on any atom is 0.234 e. The number of rotatable bonds is 4. The van der Waals surface area contributed by atoms with E-state index in [4.69, 9.17) is 5.26 Å². The zero-order valence-electron chi connectivity index (χ0n) is 14.0. The molecule has 26 heavy (non-hydrogen) atoms. The summed E-state index contributed by atoms with van der Waals surface area (Å²) < 4.78 is 2.07. The maximum absolute atomic E-state index is 9.21. The van der Waals surface area contributed by atoms with Crippen molar-refractivity contribution in [3.63, 3.8) is 0 Å². The summed E-state index contributed by atoms with van der Waals surface area (Å²) >= 11 is 0. The largest absolute Gasteiger partial charge is 0.392 e. The van der Waals surface area contributed by atoms with Crippen LogP contribution in [0.2, 0.25) is 0 Å². The summed E-state index contributed by atoms with van der Waals surface area (Å²) in [5, 5.41) is 19.3. The highest BCUT2D eigenvalue weighted by molar-refractivity contribution is 5.79. The SMILES string of the molecule is N#Cc1ncc2cc(Cc3ccc(CO)cc3)n(-c3ccccc3)c2n1. The van der Waals surface area contributed by atoms with Gasteiger partial charge in [0.25, 0.3) is 0 Å². The van der Waals surface area contributed by atoms with Crippen LogP contribution < -0.4 is 0 Å². The zero-order chi connectivity index (χ0) is 17.9. The zero-order valence-corrected chi connectivity index (χ0v) is 14.0. The average Bonchev–Trinajstić information content (AvgIpc) is 3.06. The molecule has 2 aromatic heterocycles. The Morgan fingerprint density at radius 2 is 1.73 bits per heavy atom. The lowest BCUT2D eigenvalue weighted by molar-refractivity contribution is 0.282. The number of fused-ring (bicyclic) bond motifs is 1. The number of hydrogen-bond acceptors (Lipinski definition) is 4. The Morgan fingerprint density at radius 1 is 1.00 bits per heavy atom. The van der Waals surface area contributed by atoms with Crippen molar-refractivity contribution in [1.82, 2.24) is 14.5 Å². The van der Waals surface area contributed by atoms with Crippen LogP contribution in [0.4, 0.5) is 0 Å². The Morgan fingerprint density at radius 3 is 2.42 bits per heavy atom. The summed E-state index contributed by atoms with van der Waals surface area (Å²) in [6, 6.07) is 21.9. The lowest BCUT2D eigenvalue weighted by atomic mass is 10.1. The van der Waals surface area contributed by atoms with E-state index in [1.54, 1.807) is 6.20 Å². The van der Waals surface area contributed by atoms with Crippen LogP contribution in [-0.2, 0) is 13.0 Å². The Kier molecular flexibility index (Phi) is 4.18. The van der Waals surface area contributed by atoms with Crippen molar-refractivity contribution in [2.75, 3.05) is 0 Å². The number of aliphatic hydroxyl groups excluding tert-OH is 1. The van der Waals surface area contributed by atoms with Gasteiger partial charge in [0.05, 0.1) is 6.61 Å². The highest BCUT2D eigenvalue weighted by atomic mass is 16.3.